The van der Waals surface area contributed by atoms with Crippen LogP contribution in [0.3, 0.4) is 0 Å². The smallest absolute Gasteiger partial charge is 0.302 e. The summed E-state index contributed by atoms with van der Waals surface area (Å²) >= 11 is 0. The molecule has 0 heterocycles. The van der Waals surface area contributed by atoms with Crippen LogP contribution in [-0.4, -0.2) is 326 Å². The first kappa shape index (κ1) is 96.4. The molecule has 0 spiro atoms. The number of unbranched alkanes of at least 4 members (excludes halogenated alkanes) is 1. The Morgan fingerprint density at radius 3 is 1.07 bits per heavy atom. The van der Waals surface area contributed by atoms with Gasteiger partial charge in [0.15, 0.2) is 59.0 Å². The second-order valence-electron chi connectivity index (χ2n) is 19.0. The van der Waals surface area contributed by atoms with E-state index < -0.39 is 95.6 Å². The van der Waals surface area contributed by atoms with Gasteiger partial charge < -0.3 is 82.0 Å². The van der Waals surface area contributed by atoms with Crippen LogP contribution in [0.5, 0.6) is 0 Å². The van der Waals surface area contributed by atoms with Crippen molar-refractivity contribution >= 4 is 65.0 Å². The van der Waals surface area contributed by atoms with Gasteiger partial charge in [-0.3, -0.25) is 4.79 Å². The van der Waals surface area contributed by atoms with Crippen molar-refractivity contribution in [2.45, 2.75) is 90.0 Å². The summed E-state index contributed by atoms with van der Waals surface area (Å²) in [5, 5.41) is 34.7. The van der Waals surface area contributed by atoms with Crippen LogP contribution in [0.1, 0.15) is 53.4 Å². The van der Waals surface area contributed by atoms with Crippen molar-refractivity contribution in [2.24, 2.45) is 0 Å². The lowest BCUT2D eigenvalue weighted by molar-refractivity contribution is -0.137. The van der Waals surface area contributed by atoms with Crippen molar-refractivity contribution in [3.63, 3.8) is 0 Å². The van der Waals surface area contributed by atoms with Gasteiger partial charge in [0, 0.05) is 57.7 Å². The van der Waals surface area contributed by atoms with Crippen molar-refractivity contribution in [1.82, 2.24) is 0 Å². The number of hydrogen-bond acceptors (Lipinski definition) is 30. The molecule has 0 aromatic rings. The van der Waals surface area contributed by atoms with Gasteiger partial charge in [-0.1, -0.05) is 46.4 Å². The van der Waals surface area contributed by atoms with Gasteiger partial charge in [0.2, 0.25) is 0 Å². The summed E-state index contributed by atoms with van der Waals surface area (Å²) in [5.41, 5.74) is 0. The van der Waals surface area contributed by atoms with Crippen LogP contribution < -0.4 is 0 Å². The van der Waals surface area contributed by atoms with Crippen LogP contribution >= 0.6 is 0 Å². The van der Waals surface area contributed by atoms with Crippen molar-refractivity contribution in [1.29, 1.82) is 0 Å². The fourth-order valence-electron chi connectivity index (χ4n) is 6.06. The second-order valence-corrected chi connectivity index (χ2v) is 32.3. The molecular formula is C54H110O30S6. The van der Waals surface area contributed by atoms with Crippen LogP contribution in [-0.2, 0) is 125 Å². The van der Waals surface area contributed by atoms with E-state index in [0.717, 1.165) is 24.3 Å². The number of methoxy groups -OCH3 is 4. The summed E-state index contributed by atoms with van der Waals surface area (Å²) in [4.78, 5) is 9.59. The standard InChI is InChI=1S/C23H48O11S3.C20H36O11S3.C7H16O5.C3H6O2.CH4O/c1-5-8-14-37(28,29)16-10-31-19-22(18-30-4)34-21-23(33-11-17-36(26,27)13-7-3)20-32-9-15-35(24,25)12-6-2;1-5-11-34(25,26)13-9-29-16-19(15-27-4)31-18-20(30-10-14-33(23,24)7-3)17-28-8-12-32(21,22)6-2;1-11-5-7(3-9)12-4-6(10)2-8;1-3(4)5-2;1-2/h22-23H,5-21H2,1-4H3;5-7,19-20H,1-3,8-18H2,4H3;6-10H,2-5H2,1H3;1-2H3;2H,1H3. The minimum atomic E-state index is -3.46. The Morgan fingerprint density at radius 2 is 0.733 bits per heavy atom. The SMILES string of the molecule is C=CCS(=O)(=O)CCOCC(COC)OCC(COCCS(=O)(=O)C=C)OCCS(=O)(=O)C=C.CCCCS(=O)(=O)CCOCC(COC)OCC(COCCS(=O)(=O)CCC)OCCS(=O)(=O)CCC.CO.COC(C)=O.COCC(CO)OCC(O)CO. The normalized spacial score (nSPS) is 14.0. The average molecular weight is 1430 g/mol. The van der Waals surface area contributed by atoms with E-state index in [0.29, 0.717) is 19.3 Å². The molecule has 0 radical (unpaired) electrons. The highest BCUT2D eigenvalue weighted by Gasteiger charge is 2.21. The van der Waals surface area contributed by atoms with E-state index in [2.05, 4.69) is 24.5 Å². The molecule has 0 aliphatic rings. The van der Waals surface area contributed by atoms with Gasteiger partial charge in [-0.05, 0) is 19.3 Å². The van der Waals surface area contributed by atoms with Crippen LogP contribution in [0.4, 0.5) is 0 Å². The molecule has 0 saturated heterocycles. The molecule has 0 aliphatic carbocycles. The van der Waals surface area contributed by atoms with Crippen molar-refractivity contribution in [3.8, 4) is 0 Å². The van der Waals surface area contributed by atoms with Crippen LogP contribution in [0, 0.1) is 0 Å². The maximum absolute atomic E-state index is 12.0. The molecule has 6 atom stereocenters. The molecule has 542 valence electrons. The Bertz CT molecular complexity index is 2430. The Labute approximate surface area is 538 Å². The summed E-state index contributed by atoms with van der Waals surface area (Å²) < 4.78 is 210. The van der Waals surface area contributed by atoms with Gasteiger partial charge in [-0.15, -0.1) is 6.58 Å². The largest absolute Gasteiger partial charge is 0.469 e. The number of esters is 1. The Kier molecular flexibility index (Phi) is 64.7. The first-order valence-electron chi connectivity index (χ1n) is 28.7. The Morgan fingerprint density at radius 1 is 0.411 bits per heavy atom. The highest BCUT2D eigenvalue weighted by atomic mass is 32.2. The monoisotopic (exact) mass is 1430 g/mol. The number of aliphatic hydroxyl groups excluding tert-OH is 4. The van der Waals surface area contributed by atoms with Crippen molar-refractivity contribution < 1.29 is 137 Å². The molecule has 0 aromatic heterocycles. The first-order valence-corrected chi connectivity index (χ1v) is 39.4. The lowest BCUT2D eigenvalue weighted by atomic mass is 10.3. The van der Waals surface area contributed by atoms with Gasteiger partial charge in [-0.2, -0.15) is 0 Å². The van der Waals surface area contributed by atoms with Crippen molar-refractivity contribution in [2.75, 3.05) is 212 Å². The molecular weight excluding hydrogens is 1320 g/mol. The number of rotatable bonds is 56. The summed E-state index contributed by atoms with van der Waals surface area (Å²) in [6.07, 6.45) is 0.0257. The first-order chi connectivity index (χ1) is 42.3. The van der Waals surface area contributed by atoms with Gasteiger partial charge in [0.1, 0.15) is 36.6 Å². The number of carbonyl (C=O) groups excluding carboxylic acids is 1. The zero-order chi connectivity index (χ0) is 70.0. The highest BCUT2D eigenvalue weighted by molar-refractivity contribution is 7.94. The molecule has 0 amide bonds. The zero-order valence-electron chi connectivity index (χ0n) is 54.3. The molecule has 90 heavy (non-hydrogen) atoms. The second kappa shape index (κ2) is 60.4. The lowest BCUT2D eigenvalue weighted by Gasteiger charge is -2.22. The fraction of sp³-hybridized carbons (Fsp3) is 0.870. The summed E-state index contributed by atoms with van der Waals surface area (Å²) in [7, 11) is -12.9. The van der Waals surface area contributed by atoms with E-state index in [1.165, 1.54) is 41.4 Å². The Hall–Kier alpha value is -2.25. The van der Waals surface area contributed by atoms with E-state index in [9.17, 15) is 55.3 Å². The molecule has 0 saturated carbocycles. The molecule has 36 heteroatoms. The highest BCUT2D eigenvalue weighted by Crippen LogP contribution is 2.07. The van der Waals surface area contributed by atoms with Crippen LogP contribution in [0.15, 0.2) is 36.6 Å². The van der Waals surface area contributed by atoms with E-state index >= 15 is 0 Å². The predicted molar refractivity (Wildman–Crippen MR) is 342 cm³/mol. The number of sulfone groups is 6. The van der Waals surface area contributed by atoms with Crippen LogP contribution in [0.2, 0.25) is 0 Å². The van der Waals surface area contributed by atoms with Crippen LogP contribution in [0.25, 0.3) is 0 Å². The third-order valence-corrected chi connectivity index (χ3v) is 20.2. The topological polar surface area (TPSA) is 423 Å². The molecule has 0 aromatic carbocycles. The summed E-state index contributed by atoms with van der Waals surface area (Å²) in [6, 6.07) is 0. The third kappa shape index (κ3) is 65.8. The lowest BCUT2D eigenvalue weighted by Crippen LogP contribution is -2.34. The van der Waals surface area contributed by atoms with Gasteiger partial charge in [-0.25, -0.2) is 50.5 Å². The minimum absolute atomic E-state index is 0.00505. The molecule has 30 nitrogen and oxygen atoms in total. The minimum Gasteiger partial charge on any atom is -0.469 e. The maximum Gasteiger partial charge on any atom is 0.302 e. The third-order valence-electron chi connectivity index (χ3n) is 10.9. The van der Waals surface area contributed by atoms with Gasteiger partial charge >= 0.3 is 5.97 Å². The summed E-state index contributed by atoms with van der Waals surface area (Å²) in [6.45, 7) is 16.7. The number of hydrogen-bond donors (Lipinski definition) is 4. The van der Waals surface area contributed by atoms with Gasteiger partial charge in [0.25, 0.3) is 0 Å². The quantitative estimate of drug-likeness (QED) is 0.0342. The zero-order valence-corrected chi connectivity index (χ0v) is 59.2. The summed E-state index contributed by atoms with van der Waals surface area (Å²) in [5.74, 6) is -1.11. The van der Waals surface area contributed by atoms with E-state index in [-0.39, 0.29) is 182 Å². The average Bonchev–Trinajstić information content (AvgIpc) is 3.70. The van der Waals surface area contributed by atoms with Gasteiger partial charge in [0.05, 0.1) is 172 Å². The maximum atomic E-state index is 12.0. The fourth-order valence-corrected chi connectivity index (χ4v) is 11.6. The molecule has 0 rings (SSSR count). The predicted octanol–water partition coefficient (Wildman–Crippen LogP) is -0.394. The molecule has 0 bridgehead atoms. The van der Waals surface area contributed by atoms with E-state index in [1.54, 1.807) is 13.8 Å². The van der Waals surface area contributed by atoms with Crippen molar-refractivity contribution in [3.05, 3.63) is 36.6 Å². The number of carbonyl (C=O) groups is 1. The molecule has 0 aliphatic heterocycles. The molecule has 4 N–H and O–H groups in total. The number of ether oxygens (including phenoxy) is 13. The number of aliphatic hydroxyl groups is 4. The van der Waals surface area contributed by atoms with E-state index in [1.807, 2.05) is 6.92 Å². The molecule has 0 fully saturated rings. The molecule has 6 unspecified atom stereocenters. The van der Waals surface area contributed by atoms with E-state index in [4.69, 9.17) is 77.3 Å². The Balaban J connectivity index is -0.000000416.